The van der Waals surface area contributed by atoms with Crippen LogP contribution in [0.5, 0.6) is 5.06 Å². The van der Waals surface area contributed by atoms with Crippen LogP contribution in [0.4, 0.5) is 4.79 Å². The van der Waals surface area contributed by atoms with Crippen molar-refractivity contribution in [2.24, 2.45) is 5.92 Å². The van der Waals surface area contributed by atoms with E-state index < -0.39 is 6.16 Å². The van der Waals surface area contributed by atoms with E-state index in [0.717, 1.165) is 19.5 Å². The Kier molecular flexibility index (Phi) is 4.24. The molecule has 0 N–H and O–H groups in total. The van der Waals surface area contributed by atoms with Crippen LogP contribution >= 0.6 is 11.3 Å². The highest BCUT2D eigenvalue weighted by molar-refractivity contribution is 7.14. The van der Waals surface area contributed by atoms with Crippen molar-refractivity contribution in [2.75, 3.05) is 20.2 Å². The Bertz CT molecular complexity index is 428. The molecule has 1 aromatic heterocycles. The molecule has 0 atom stereocenters. The first-order chi connectivity index (χ1) is 8.54. The third-order valence-electron chi connectivity index (χ3n) is 2.75. The Balaban J connectivity index is 1.92. The molecule has 0 unspecified atom stereocenters. The lowest BCUT2D eigenvalue weighted by atomic mass is 10.1. The third kappa shape index (κ3) is 3.46. The highest BCUT2D eigenvalue weighted by Gasteiger charge is 2.18. The summed E-state index contributed by atoms with van der Waals surface area (Å²) >= 11 is 1.55. The quantitative estimate of drug-likeness (QED) is 0.791. The molecule has 2 rings (SSSR count). The van der Waals surface area contributed by atoms with Crippen molar-refractivity contribution in [1.82, 2.24) is 4.90 Å². The summed E-state index contributed by atoms with van der Waals surface area (Å²) in [5, 5.41) is 0.643. The second-order valence-electron chi connectivity index (χ2n) is 5.06. The first kappa shape index (κ1) is 13.4. The molecule has 0 radical (unpaired) electrons. The lowest BCUT2D eigenvalue weighted by Gasteiger charge is -2.21. The Hall–Kier alpha value is -1.07. The lowest BCUT2D eigenvalue weighted by Crippen LogP contribution is -2.25. The molecular weight excluding hydrogens is 250 g/mol. The fraction of sp³-hybridized carbons (Fsp3) is 0.615. The van der Waals surface area contributed by atoms with Gasteiger partial charge in [-0.2, -0.15) is 0 Å². The molecule has 18 heavy (non-hydrogen) atoms. The summed E-state index contributed by atoms with van der Waals surface area (Å²) in [6.07, 6.45) is 0.427. The van der Waals surface area contributed by atoms with Gasteiger partial charge < -0.3 is 14.4 Å². The van der Waals surface area contributed by atoms with Crippen LogP contribution in [0, 0.1) is 5.92 Å². The molecule has 1 aliphatic heterocycles. The van der Waals surface area contributed by atoms with Crippen LogP contribution in [0.25, 0.3) is 0 Å². The average molecular weight is 269 g/mol. The van der Waals surface area contributed by atoms with Gasteiger partial charge in [0.05, 0.1) is 6.61 Å². The zero-order chi connectivity index (χ0) is 13.1. The molecule has 0 aliphatic carbocycles. The molecule has 0 saturated carbocycles. The number of nitrogens with zero attached hydrogens (tertiary/aromatic N) is 1. The van der Waals surface area contributed by atoms with E-state index >= 15 is 0 Å². The van der Waals surface area contributed by atoms with Crippen LogP contribution in [0.3, 0.4) is 0 Å². The van der Waals surface area contributed by atoms with Crippen molar-refractivity contribution < 1.29 is 14.3 Å². The topological polar surface area (TPSA) is 38.8 Å². The number of carbonyl (C=O) groups is 1. The molecule has 0 fully saturated rings. The zero-order valence-corrected chi connectivity index (χ0v) is 11.9. The monoisotopic (exact) mass is 269 g/mol. The van der Waals surface area contributed by atoms with E-state index in [1.165, 1.54) is 10.4 Å². The summed E-state index contributed by atoms with van der Waals surface area (Å²) < 4.78 is 10.2. The molecule has 100 valence electrons. The highest BCUT2D eigenvalue weighted by atomic mass is 32.1. The maximum Gasteiger partial charge on any atom is 0.514 e. The van der Waals surface area contributed by atoms with Gasteiger partial charge in [0.25, 0.3) is 0 Å². The van der Waals surface area contributed by atoms with E-state index in [9.17, 15) is 4.79 Å². The summed E-state index contributed by atoms with van der Waals surface area (Å²) in [6, 6.07) is 1.95. The molecular formula is C13H19NO3S. The Labute approximate surface area is 111 Å². The van der Waals surface area contributed by atoms with Gasteiger partial charge in [-0.15, -0.1) is 11.3 Å². The normalized spacial score (nSPS) is 15.6. The predicted molar refractivity (Wildman–Crippen MR) is 71.2 cm³/mol. The Morgan fingerprint density at radius 3 is 3.06 bits per heavy atom. The van der Waals surface area contributed by atoms with Crippen LogP contribution in [0.15, 0.2) is 6.07 Å². The fourth-order valence-electron chi connectivity index (χ4n) is 1.84. The highest BCUT2D eigenvalue weighted by Crippen LogP contribution is 2.33. The maximum absolute atomic E-state index is 11.4. The number of thiophene rings is 1. The summed E-state index contributed by atoms with van der Waals surface area (Å²) in [7, 11) is 2.10. The summed E-state index contributed by atoms with van der Waals surface area (Å²) in [5.74, 6) is 0.322. The number of rotatable bonds is 3. The number of ether oxygens (including phenoxy) is 2. The van der Waals surface area contributed by atoms with Crippen molar-refractivity contribution in [3.05, 3.63) is 16.5 Å². The minimum Gasteiger partial charge on any atom is -0.434 e. The Morgan fingerprint density at radius 1 is 1.56 bits per heavy atom. The van der Waals surface area contributed by atoms with Gasteiger partial charge in [-0.05, 0) is 31.0 Å². The summed E-state index contributed by atoms with van der Waals surface area (Å²) in [4.78, 5) is 15.0. The molecule has 1 aliphatic rings. The second kappa shape index (κ2) is 5.71. The fourth-order valence-corrected chi connectivity index (χ4v) is 2.85. The standard InChI is InChI=1S/C13H19NO3S/c1-9(2)8-16-13(15)17-12-6-10-7-14(3)5-4-11(10)18-12/h6,9H,4-5,7-8H2,1-3H3. The number of carbonyl (C=O) groups excluding carboxylic acids is 1. The van der Waals surface area contributed by atoms with Crippen LogP contribution in [0.2, 0.25) is 0 Å². The second-order valence-corrected chi connectivity index (χ2v) is 6.16. The van der Waals surface area contributed by atoms with Crippen LogP contribution in [-0.2, 0) is 17.7 Å². The minimum atomic E-state index is -0.601. The molecule has 0 amide bonds. The molecule has 2 heterocycles. The van der Waals surface area contributed by atoms with E-state index in [0.29, 0.717) is 17.6 Å². The third-order valence-corrected chi connectivity index (χ3v) is 3.87. The summed E-state index contributed by atoms with van der Waals surface area (Å²) in [6.45, 7) is 6.37. The van der Waals surface area contributed by atoms with Gasteiger partial charge in [0.2, 0.25) is 0 Å². The van der Waals surface area contributed by atoms with Gasteiger partial charge >= 0.3 is 6.16 Å². The van der Waals surface area contributed by atoms with Gasteiger partial charge in [0.1, 0.15) is 0 Å². The van der Waals surface area contributed by atoms with E-state index in [1.54, 1.807) is 11.3 Å². The van der Waals surface area contributed by atoms with Crippen molar-refractivity contribution in [3.63, 3.8) is 0 Å². The van der Waals surface area contributed by atoms with E-state index in [4.69, 9.17) is 9.47 Å². The predicted octanol–water partition coefficient (Wildman–Crippen LogP) is 2.91. The average Bonchev–Trinajstić information content (AvgIpc) is 2.67. The minimum absolute atomic E-state index is 0.322. The molecule has 0 saturated heterocycles. The molecule has 0 spiro atoms. The largest absolute Gasteiger partial charge is 0.514 e. The van der Waals surface area contributed by atoms with Crippen molar-refractivity contribution in [1.29, 1.82) is 0 Å². The molecule has 0 aromatic carbocycles. The molecule has 1 aromatic rings. The van der Waals surface area contributed by atoms with Crippen LogP contribution < -0.4 is 4.74 Å². The van der Waals surface area contributed by atoms with Crippen LogP contribution in [0.1, 0.15) is 24.3 Å². The summed E-state index contributed by atoms with van der Waals surface area (Å²) in [5.41, 5.74) is 1.26. The SMILES string of the molecule is CC(C)COC(=O)Oc1cc2c(s1)CCN(C)C2. The van der Waals surface area contributed by atoms with Gasteiger partial charge in [-0.3, -0.25) is 0 Å². The first-order valence-electron chi connectivity index (χ1n) is 6.19. The maximum atomic E-state index is 11.4. The Morgan fingerprint density at radius 2 is 2.33 bits per heavy atom. The van der Waals surface area contributed by atoms with Gasteiger partial charge in [0, 0.05) is 18.0 Å². The molecule has 4 nitrogen and oxygen atoms in total. The van der Waals surface area contributed by atoms with E-state index in [-0.39, 0.29) is 0 Å². The molecule has 0 bridgehead atoms. The number of fused-ring (bicyclic) bond motifs is 1. The smallest absolute Gasteiger partial charge is 0.434 e. The van der Waals surface area contributed by atoms with Crippen LogP contribution in [-0.4, -0.2) is 31.3 Å². The van der Waals surface area contributed by atoms with Gasteiger partial charge in [0.15, 0.2) is 5.06 Å². The van der Waals surface area contributed by atoms with Gasteiger partial charge in [-0.1, -0.05) is 13.8 Å². The first-order valence-corrected chi connectivity index (χ1v) is 7.01. The lowest BCUT2D eigenvalue weighted by molar-refractivity contribution is 0.0897. The molecule has 5 heteroatoms. The zero-order valence-electron chi connectivity index (χ0n) is 11.1. The number of likely N-dealkylation sites (N-methyl/N-ethyl adjacent to an activating group) is 1. The van der Waals surface area contributed by atoms with Crippen molar-refractivity contribution >= 4 is 17.5 Å². The van der Waals surface area contributed by atoms with Gasteiger partial charge in [-0.25, -0.2) is 4.79 Å². The number of hydrogen-bond donors (Lipinski definition) is 0. The van der Waals surface area contributed by atoms with Crippen molar-refractivity contribution in [3.8, 4) is 5.06 Å². The van der Waals surface area contributed by atoms with Crippen molar-refractivity contribution in [2.45, 2.75) is 26.8 Å². The van der Waals surface area contributed by atoms with E-state index in [2.05, 4.69) is 11.9 Å². The van der Waals surface area contributed by atoms with E-state index in [1.807, 2.05) is 19.9 Å². The number of hydrogen-bond acceptors (Lipinski definition) is 5.